The topological polar surface area (TPSA) is 6.48 Å². The van der Waals surface area contributed by atoms with Crippen LogP contribution in [0.25, 0.3) is 0 Å². The zero-order valence-corrected chi connectivity index (χ0v) is 6.22. The van der Waals surface area contributed by atoms with Crippen LogP contribution in [0.3, 0.4) is 0 Å². The molecule has 0 aromatic carbocycles. The fraction of sp³-hybridized carbons (Fsp3) is 0.714. The van der Waals surface area contributed by atoms with Crippen LogP contribution < -0.4 is 0 Å². The van der Waals surface area contributed by atoms with Gasteiger partial charge in [-0.05, 0) is 19.7 Å². The highest BCUT2D eigenvalue weighted by atomic mass is 15.3. The summed E-state index contributed by atoms with van der Waals surface area (Å²) >= 11 is 0. The van der Waals surface area contributed by atoms with E-state index in [0.29, 0.717) is 0 Å². The van der Waals surface area contributed by atoms with Crippen molar-refractivity contribution < 1.29 is 0 Å². The summed E-state index contributed by atoms with van der Waals surface area (Å²) in [6.45, 7) is 7.12. The van der Waals surface area contributed by atoms with Crippen LogP contribution in [-0.4, -0.2) is 43.7 Å². The normalized spacial score (nSPS) is 24.9. The zero-order valence-electron chi connectivity index (χ0n) is 6.22. The Morgan fingerprint density at radius 1 is 1.22 bits per heavy atom. The highest BCUT2D eigenvalue weighted by molar-refractivity contribution is 5.02. The third-order valence-corrected chi connectivity index (χ3v) is 1.47. The maximum atomic E-state index is 3.93. The van der Waals surface area contributed by atoms with Crippen molar-refractivity contribution in [1.82, 2.24) is 9.80 Å². The van der Waals surface area contributed by atoms with Crippen LogP contribution in [0, 0.1) is 0 Å². The van der Waals surface area contributed by atoms with Gasteiger partial charge in [-0.3, -0.25) is 9.80 Å². The molecule has 0 aliphatic carbocycles. The van der Waals surface area contributed by atoms with Gasteiger partial charge in [0, 0.05) is 13.1 Å². The minimum Gasteiger partial charge on any atom is -0.290 e. The van der Waals surface area contributed by atoms with E-state index in [2.05, 4.69) is 30.5 Å². The molecule has 0 saturated carbocycles. The van der Waals surface area contributed by atoms with Crippen molar-refractivity contribution in [1.29, 1.82) is 0 Å². The van der Waals surface area contributed by atoms with E-state index in [1.54, 1.807) is 0 Å². The third-order valence-electron chi connectivity index (χ3n) is 1.47. The molecule has 1 aliphatic rings. The van der Waals surface area contributed by atoms with Crippen LogP contribution in [0.15, 0.2) is 12.2 Å². The molecule has 0 amide bonds. The van der Waals surface area contributed by atoms with Crippen molar-refractivity contribution in [3.63, 3.8) is 0 Å². The Morgan fingerprint density at radius 3 is 2.00 bits per heavy atom. The maximum Gasteiger partial charge on any atom is 0.0506 e. The smallest absolute Gasteiger partial charge is 0.0506 e. The summed E-state index contributed by atoms with van der Waals surface area (Å²) < 4.78 is 0. The number of hydrogen-bond acceptors (Lipinski definition) is 2. The molecule has 1 rings (SSSR count). The number of likely N-dealkylation sites (N-methyl/N-ethyl adjacent to an activating group) is 2. The Balaban J connectivity index is 2.43. The van der Waals surface area contributed by atoms with Gasteiger partial charge in [-0.25, -0.2) is 0 Å². The summed E-state index contributed by atoms with van der Waals surface area (Å²) in [6, 6.07) is 0. The zero-order chi connectivity index (χ0) is 6.85. The predicted octanol–water partition coefficient (Wildman–Crippen LogP) is 0.377. The summed E-state index contributed by atoms with van der Waals surface area (Å²) in [7, 11) is 4.22. The summed E-state index contributed by atoms with van der Waals surface area (Å²) in [5, 5.41) is 0. The van der Waals surface area contributed by atoms with E-state index in [9.17, 15) is 0 Å². The van der Waals surface area contributed by atoms with E-state index >= 15 is 0 Å². The Hall–Kier alpha value is -0.340. The molecule has 1 aliphatic heterocycles. The summed E-state index contributed by atoms with van der Waals surface area (Å²) in [5.41, 5.74) is 1.31. The number of rotatable bonds is 0. The fourth-order valence-corrected chi connectivity index (χ4v) is 1.33. The van der Waals surface area contributed by atoms with Gasteiger partial charge in [-0.1, -0.05) is 6.58 Å². The van der Waals surface area contributed by atoms with E-state index < -0.39 is 0 Å². The molecule has 0 atom stereocenters. The van der Waals surface area contributed by atoms with Gasteiger partial charge in [0.15, 0.2) is 0 Å². The van der Waals surface area contributed by atoms with Crippen LogP contribution in [0.1, 0.15) is 0 Å². The average Bonchev–Trinajstić information content (AvgIpc) is 1.59. The van der Waals surface area contributed by atoms with Crippen molar-refractivity contribution in [2.24, 2.45) is 0 Å². The lowest BCUT2D eigenvalue weighted by Crippen LogP contribution is -2.41. The van der Waals surface area contributed by atoms with E-state index in [1.807, 2.05) is 0 Å². The van der Waals surface area contributed by atoms with E-state index in [4.69, 9.17) is 0 Å². The number of nitrogens with zero attached hydrogens (tertiary/aromatic N) is 2. The highest BCUT2D eigenvalue weighted by Gasteiger charge is 2.11. The molecule has 52 valence electrons. The molecule has 0 aromatic rings. The Kier molecular flexibility index (Phi) is 1.88. The van der Waals surface area contributed by atoms with Crippen LogP contribution in [0.4, 0.5) is 0 Å². The summed E-state index contributed by atoms with van der Waals surface area (Å²) in [5.74, 6) is 0. The molecule has 0 unspecified atom stereocenters. The molecule has 0 spiro atoms. The van der Waals surface area contributed by atoms with Crippen LogP contribution in [0.5, 0.6) is 0 Å². The molecule has 1 heterocycles. The van der Waals surface area contributed by atoms with Crippen molar-refractivity contribution in [2.75, 3.05) is 33.9 Å². The third kappa shape index (κ3) is 1.80. The largest absolute Gasteiger partial charge is 0.290 e. The first-order valence-electron chi connectivity index (χ1n) is 3.22. The SMILES string of the molecule is C=C1CN(C)CN(C)C1. The van der Waals surface area contributed by atoms with Crippen molar-refractivity contribution >= 4 is 0 Å². The Bertz CT molecular complexity index is 108. The number of hydrogen-bond donors (Lipinski definition) is 0. The lowest BCUT2D eigenvalue weighted by atomic mass is 10.2. The monoisotopic (exact) mass is 126 g/mol. The van der Waals surface area contributed by atoms with Crippen LogP contribution in [-0.2, 0) is 0 Å². The molecular weight excluding hydrogens is 112 g/mol. The van der Waals surface area contributed by atoms with E-state index in [1.165, 1.54) is 5.57 Å². The molecule has 0 bridgehead atoms. The van der Waals surface area contributed by atoms with Crippen molar-refractivity contribution in [3.8, 4) is 0 Å². The van der Waals surface area contributed by atoms with Gasteiger partial charge in [-0.15, -0.1) is 0 Å². The molecule has 1 fully saturated rings. The van der Waals surface area contributed by atoms with E-state index in [0.717, 1.165) is 19.8 Å². The molecule has 2 heteroatoms. The van der Waals surface area contributed by atoms with Crippen molar-refractivity contribution in [2.45, 2.75) is 0 Å². The molecule has 0 N–H and O–H groups in total. The minimum absolute atomic E-state index is 1.06. The van der Waals surface area contributed by atoms with Gasteiger partial charge < -0.3 is 0 Å². The standard InChI is InChI=1S/C7H14N2/c1-7-4-8(2)6-9(3)5-7/h1,4-6H2,2-3H3. The van der Waals surface area contributed by atoms with Gasteiger partial charge >= 0.3 is 0 Å². The van der Waals surface area contributed by atoms with Gasteiger partial charge in [0.1, 0.15) is 0 Å². The molecule has 0 radical (unpaired) electrons. The van der Waals surface area contributed by atoms with Gasteiger partial charge in [0.25, 0.3) is 0 Å². The first-order valence-corrected chi connectivity index (χ1v) is 3.22. The van der Waals surface area contributed by atoms with Gasteiger partial charge in [0.2, 0.25) is 0 Å². The lowest BCUT2D eigenvalue weighted by molar-refractivity contribution is 0.169. The summed E-state index contributed by atoms with van der Waals surface area (Å²) in [6.07, 6.45) is 0. The second-order valence-electron chi connectivity index (χ2n) is 2.92. The lowest BCUT2D eigenvalue weighted by Gasteiger charge is -2.31. The van der Waals surface area contributed by atoms with Crippen LogP contribution >= 0.6 is 0 Å². The molecule has 0 aromatic heterocycles. The van der Waals surface area contributed by atoms with Gasteiger partial charge in [-0.2, -0.15) is 0 Å². The molecule has 2 nitrogen and oxygen atoms in total. The Labute approximate surface area is 56.8 Å². The minimum atomic E-state index is 1.06. The molecular formula is C7H14N2. The second-order valence-corrected chi connectivity index (χ2v) is 2.92. The summed E-state index contributed by atoms with van der Waals surface area (Å²) in [4.78, 5) is 4.51. The predicted molar refractivity (Wildman–Crippen MR) is 39.3 cm³/mol. The first-order chi connectivity index (χ1) is 4.18. The van der Waals surface area contributed by atoms with Crippen LogP contribution in [0.2, 0.25) is 0 Å². The van der Waals surface area contributed by atoms with Gasteiger partial charge in [0.05, 0.1) is 6.67 Å². The Morgan fingerprint density at radius 2 is 1.67 bits per heavy atom. The van der Waals surface area contributed by atoms with E-state index in [-0.39, 0.29) is 0 Å². The second kappa shape index (κ2) is 2.50. The highest BCUT2D eigenvalue weighted by Crippen LogP contribution is 2.04. The maximum absolute atomic E-state index is 3.93. The first kappa shape index (κ1) is 6.78. The fourth-order valence-electron chi connectivity index (χ4n) is 1.33. The molecule has 9 heavy (non-hydrogen) atoms. The molecule has 1 saturated heterocycles. The average molecular weight is 126 g/mol. The quantitative estimate of drug-likeness (QED) is 0.433. The van der Waals surface area contributed by atoms with Crippen molar-refractivity contribution in [3.05, 3.63) is 12.2 Å².